The van der Waals surface area contributed by atoms with E-state index in [0.717, 1.165) is 65.9 Å². The van der Waals surface area contributed by atoms with Gasteiger partial charge in [-0.2, -0.15) is 0 Å². The fourth-order valence-corrected chi connectivity index (χ4v) is 4.59. The van der Waals surface area contributed by atoms with E-state index in [0.29, 0.717) is 19.1 Å². The molecule has 2 N–H and O–H groups in total. The second kappa shape index (κ2) is 7.73. The SMILES string of the molecule is C=C(Nc1nc2c(OC)ncc(N3CCOCC3)c2s1)N1CCC(C)(O)CC1. The average molecular weight is 406 g/mol. The lowest BCUT2D eigenvalue weighted by atomic mass is 9.94. The van der Waals surface area contributed by atoms with Crippen LogP contribution in [0.3, 0.4) is 0 Å². The topological polar surface area (TPSA) is 83.0 Å². The summed E-state index contributed by atoms with van der Waals surface area (Å²) in [7, 11) is 1.61. The fraction of sp³-hybridized carbons (Fsp3) is 0.579. The first-order valence-corrected chi connectivity index (χ1v) is 10.4. The van der Waals surface area contributed by atoms with Crippen LogP contribution in [0.25, 0.3) is 10.2 Å². The van der Waals surface area contributed by atoms with Crippen LogP contribution in [0, 0.1) is 0 Å². The molecule has 28 heavy (non-hydrogen) atoms. The molecule has 0 bridgehead atoms. The van der Waals surface area contributed by atoms with E-state index < -0.39 is 5.60 Å². The number of methoxy groups -OCH3 is 1. The van der Waals surface area contributed by atoms with Crippen molar-refractivity contribution in [2.75, 3.05) is 56.7 Å². The van der Waals surface area contributed by atoms with Crippen molar-refractivity contribution in [2.24, 2.45) is 0 Å². The van der Waals surface area contributed by atoms with Crippen LogP contribution in [-0.2, 0) is 4.74 Å². The summed E-state index contributed by atoms with van der Waals surface area (Å²) in [6.45, 7) is 10.7. The number of nitrogens with one attached hydrogen (secondary N) is 1. The van der Waals surface area contributed by atoms with E-state index in [1.54, 1.807) is 18.4 Å². The molecule has 0 aliphatic carbocycles. The van der Waals surface area contributed by atoms with Crippen molar-refractivity contribution in [3.63, 3.8) is 0 Å². The molecule has 9 heteroatoms. The van der Waals surface area contributed by atoms with E-state index in [4.69, 9.17) is 14.5 Å². The monoisotopic (exact) mass is 405 g/mol. The lowest BCUT2D eigenvalue weighted by Crippen LogP contribution is -2.42. The van der Waals surface area contributed by atoms with Gasteiger partial charge in [0.1, 0.15) is 11.3 Å². The van der Waals surface area contributed by atoms with Crippen LogP contribution in [-0.4, -0.2) is 72.1 Å². The third-order valence-corrected chi connectivity index (χ3v) is 6.38. The molecule has 2 fully saturated rings. The van der Waals surface area contributed by atoms with Crippen LogP contribution in [0.2, 0.25) is 0 Å². The molecule has 8 nitrogen and oxygen atoms in total. The molecule has 0 radical (unpaired) electrons. The second-order valence-electron chi connectivity index (χ2n) is 7.50. The maximum Gasteiger partial charge on any atom is 0.241 e. The van der Waals surface area contributed by atoms with Crippen molar-refractivity contribution >= 4 is 32.4 Å². The minimum absolute atomic E-state index is 0.524. The number of aliphatic hydroxyl groups is 1. The Bertz CT molecular complexity index is 853. The van der Waals surface area contributed by atoms with Crippen LogP contribution in [0.1, 0.15) is 19.8 Å². The molecule has 4 rings (SSSR count). The molecule has 2 saturated heterocycles. The molecule has 2 aromatic heterocycles. The highest BCUT2D eigenvalue weighted by Crippen LogP contribution is 2.38. The van der Waals surface area contributed by atoms with Crippen LogP contribution in [0.4, 0.5) is 10.8 Å². The summed E-state index contributed by atoms with van der Waals surface area (Å²) in [5.41, 5.74) is 1.23. The van der Waals surface area contributed by atoms with Crippen molar-refractivity contribution in [3.8, 4) is 5.88 Å². The highest BCUT2D eigenvalue weighted by atomic mass is 32.1. The van der Waals surface area contributed by atoms with Gasteiger partial charge >= 0.3 is 0 Å². The van der Waals surface area contributed by atoms with Crippen LogP contribution >= 0.6 is 11.3 Å². The smallest absolute Gasteiger partial charge is 0.241 e. The summed E-state index contributed by atoms with van der Waals surface area (Å²) >= 11 is 1.58. The van der Waals surface area contributed by atoms with Crippen molar-refractivity contribution in [1.29, 1.82) is 0 Å². The van der Waals surface area contributed by atoms with Crippen LogP contribution in [0.5, 0.6) is 5.88 Å². The Labute approximate surface area is 168 Å². The van der Waals surface area contributed by atoms with E-state index in [2.05, 4.69) is 26.7 Å². The highest BCUT2D eigenvalue weighted by Gasteiger charge is 2.28. The number of thiazole rings is 1. The van der Waals surface area contributed by atoms with E-state index in [1.165, 1.54) is 0 Å². The highest BCUT2D eigenvalue weighted by molar-refractivity contribution is 7.22. The van der Waals surface area contributed by atoms with E-state index >= 15 is 0 Å². The van der Waals surface area contributed by atoms with Gasteiger partial charge < -0.3 is 29.7 Å². The molecule has 4 heterocycles. The molecule has 0 amide bonds. The Kier molecular flexibility index (Phi) is 5.31. The van der Waals surface area contributed by atoms with Gasteiger partial charge in [-0.3, -0.25) is 0 Å². The summed E-state index contributed by atoms with van der Waals surface area (Å²) in [6.07, 6.45) is 3.31. The molecular weight excluding hydrogens is 378 g/mol. The van der Waals surface area contributed by atoms with Gasteiger partial charge in [-0.25, -0.2) is 9.97 Å². The van der Waals surface area contributed by atoms with Crippen molar-refractivity contribution in [3.05, 3.63) is 18.6 Å². The number of nitrogens with zero attached hydrogens (tertiary/aromatic N) is 4. The third-order valence-electron chi connectivity index (χ3n) is 5.39. The summed E-state index contributed by atoms with van der Waals surface area (Å²) in [6, 6.07) is 0. The number of fused-ring (bicyclic) bond motifs is 1. The third kappa shape index (κ3) is 3.87. The first-order chi connectivity index (χ1) is 13.5. The predicted molar refractivity (Wildman–Crippen MR) is 111 cm³/mol. The van der Waals surface area contributed by atoms with Gasteiger partial charge in [0.25, 0.3) is 0 Å². The van der Waals surface area contributed by atoms with Gasteiger partial charge in [0.15, 0.2) is 5.13 Å². The molecule has 0 aromatic carbocycles. The number of likely N-dealkylation sites (tertiary alicyclic amines) is 1. The van der Waals surface area contributed by atoms with Gasteiger partial charge in [-0.15, -0.1) is 0 Å². The average Bonchev–Trinajstić information content (AvgIpc) is 3.11. The Hall–Kier alpha value is -2.10. The Balaban J connectivity index is 1.57. The van der Waals surface area contributed by atoms with Gasteiger partial charge in [0.2, 0.25) is 5.88 Å². The fourth-order valence-electron chi connectivity index (χ4n) is 3.57. The number of rotatable bonds is 5. The number of pyridine rings is 1. The standard InChI is InChI=1S/C19H27N5O3S/c1-13(23-6-4-19(2,25)5-7-23)21-18-22-15-16(28-18)14(12-20-17(15)26-3)24-8-10-27-11-9-24/h12,25H,1,4-11H2,2-3H3,(H,21,22). The van der Waals surface area contributed by atoms with Gasteiger partial charge in [0, 0.05) is 26.2 Å². The number of ether oxygens (including phenoxy) is 2. The van der Waals surface area contributed by atoms with Crippen LogP contribution in [0.15, 0.2) is 18.6 Å². The van der Waals surface area contributed by atoms with Crippen molar-refractivity contribution in [2.45, 2.75) is 25.4 Å². The minimum Gasteiger partial charge on any atom is -0.479 e. The lowest BCUT2D eigenvalue weighted by Gasteiger charge is -2.37. The molecule has 0 unspecified atom stereocenters. The number of piperidine rings is 1. The zero-order valence-electron chi connectivity index (χ0n) is 16.4. The Morgan fingerprint density at radius 2 is 2.04 bits per heavy atom. The minimum atomic E-state index is -0.585. The first kappa shape index (κ1) is 19.2. The maximum atomic E-state index is 10.1. The van der Waals surface area contributed by atoms with Crippen molar-refractivity contribution in [1.82, 2.24) is 14.9 Å². The summed E-state index contributed by atoms with van der Waals surface area (Å²) in [5.74, 6) is 1.32. The van der Waals surface area contributed by atoms with E-state index in [-0.39, 0.29) is 0 Å². The number of morpholine rings is 1. The lowest BCUT2D eigenvalue weighted by molar-refractivity contribution is 0.00327. The molecule has 0 spiro atoms. The number of aromatic nitrogens is 2. The molecule has 0 atom stereocenters. The summed E-state index contributed by atoms with van der Waals surface area (Å²) < 4.78 is 11.9. The van der Waals surface area contributed by atoms with Crippen molar-refractivity contribution < 1.29 is 14.6 Å². The predicted octanol–water partition coefficient (Wildman–Crippen LogP) is 2.27. The molecular formula is C19H27N5O3S. The quantitative estimate of drug-likeness (QED) is 0.784. The van der Waals surface area contributed by atoms with Gasteiger partial charge in [0.05, 0.1) is 42.5 Å². The number of anilines is 2. The summed E-state index contributed by atoms with van der Waals surface area (Å²) in [4.78, 5) is 13.6. The number of hydrogen-bond donors (Lipinski definition) is 2. The normalized spacial score (nSPS) is 19.7. The molecule has 152 valence electrons. The summed E-state index contributed by atoms with van der Waals surface area (Å²) in [5, 5.41) is 14.3. The Morgan fingerprint density at radius 3 is 2.71 bits per heavy atom. The second-order valence-corrected chi connectivity index (χ2v) is 8.50. The van der Waals surface area contributed by atoms with E-state index in [1.807, 2.05) is 13.1 Å². The Morgan fingerprint density at radius 1 is 1.32 bits per heavy atom. The maximum absolute atomic E-state index is 10.1. The first-order valence-electron chi connectivity index (χ1n) is 9.56. The molecule has 0 saturated carbocycles. The molecule has 2 aliphatic heterocycles. The van der Waals surface area contributed by atoms with Crippen LogP contribution < -0.4 is 15.0 Å². The molecule has 2 aliphatic rings. The van der Waals surface area contributed by atoms with Gasteiger partial charge in [-0.1, -0.05) is 17.9 Å². The van der Waals surface area contributed by atoms with E-state index in [9.17, 15) is 5.11 Å². The zero-order chi connectivity index (χ0) is 19.7. The molecule has 2 aromatic rings. The zero-order valence-corrected chi connectivity index (χ0v) is 17.2. The number of hydrogen-bond acceptors (Lipinski definition) is 9. The largest absolute Gasteiger partial charge is 0.479 e. The van der Waals surface area contributed by atoms with Gasteiger partial charge in [-0.05, 0) is 19.8 Å².